The first kappa shape index (κ1) is 41.2. The van der Waals surface area contributed by atoms with Gasteiger partial charge in [-0.1, -0.05) is 68.8 Å². The molecule has 3 aliphatic rings. The van der Waals surface area contributed by atoms with Gasteiger partial charge in [0.05, 0.1) is 5.56 Å². The van der Waals surface area contributed by atoms with Crippen LogP contribution >= 0.6 is 0 Å². The molecule has 4 amide bonds. The van der Waals surface area contributed by atoms with Crippen LogP contribution < -0.4 is 5.32 Å². The standard InChI is InChI=1S/C41H56N4O5Si.O2Si/c1-5-50-51(29(2)30(51)3)27-15-23-42-37(46)22-7-6-12-24-43(4)39(47)35-20-13-25-44(35)40(48)36-21-14-26-45(36)41(49)38-33-18-10-8-16-31(33)28-32-17-9-11-19-34(32)38;1-3-2/h8-11,16-19,28-30,35-36H,5-7,12-15,20-27H2,1-4H3,(H,42,46);/t29?,30?,35-,36-,51?;/m0./s1. The van der Waals surface area contributed by atoms with Gasteiger partial charge in [-0.25, -0.2) is 0 Å². The Morgan fingerprint density at radius 1 is 0.852 bits per heavy atom. The molecular weight excluding hydrogens is 717 g/mol. The number of amides is 4. The fourth-order valence-electron chi connectivity index (χ4n) is 8.87. The zero-order valence-corrected chi connectivity index (χ0v) is 34.3. The maximum absolute atomic E-state index is 14.3. The Morgan fingerprint density at radius 3 is 2.06 bits per heavy atom. The van der Waals surface area contributed by atoms with E-state index >= 15 is 0 Å². The summed E-state index contributed by atoms with van der Waals surface area (Å²) >= 11 is 0. The van der Waals surface area contributed by atoms with Gasteiger partial charge in [0.2, 0.25) is 17.7 Å². The number of benzene rings is 3. The number of nitrogens with one attached hydrogen (secondary N) is 1. The number of carbonyl (C=O) groups excluding carboxylic acids is 4. The Labute approximate surface area is 322 Å². The van der Waals surface area contributed by atoms with E-state index in [4.69, 9.17) is 13.3 Å². The predicted molar refractivity (Wildman–Crippen MR) is 212 cm³/mol. The highest BCUT2D eigenvalue weighted by Crippen LogP contribution is 2.61. The molecule has 11 nitrogen and oxygen atoms in total. The number of rotatable bonds is 15. The Kier molecular flexibility index (Phi) is 14.6. The molecule has 54 heavy (non-hydrogen) atoms. The number of likely N-dealkylation sites (N-methyl/N-ethyl adjacent to an activating group) is 1. The van der Waals surface area contributed by atoms with E-state index in [9.17, 15) is 19.2 Å². The van der Waals surface area contributed by atoms with Gasteiger partial charge in [-0.15, -0.1) is 0 Å². The second-order valence-electron chi connectivity index (χ2n) is 15.1. The molecule has 0 saturated carbocycles. The number of hydrogen-bond acceptors (Lipinski definition) is 7. The van der Waals surface area contributed by atoms with Crippen LogP contribution in [0.15, 0.2) is 54.6 Å². The van der Waals surface area contributed by atoms with Gasteiger partial charge < -0.3 is 24.4 Å². The average Bonchev–Trinajstić information content (AvgIpc) is 3.65. The van der Waals surface area contributed by atoms with Crippen LogP contribution in [0.1, 0.15) is 88.9 Å². The molecule has 3 heterocycles. The summed E-state index contributed by atoms with van der Waals surface area (Å²) in [4.78, 5) is 59.8. The Hall–Kier alpha value is -3.95. The summed E-state index contributed by atoms with van der Waals surface area (Å²) in [6, 6.07) is 18.0. The minimum Gasteiger partial charge on any atom is -0.417 e. The van der Waals surface area contributed by atoms with Gasteiger partial charge in [0.25, 0.3) is 5.91 Å². The van der Waals surface area contributed by atoms with E-state index in [0.717, 1.165) is 72.7 Å². The zero-order valence-electron chi connectivity index (χ0n) is 32.3. The van der Waals surface area contributed by atoms with Crippen LogP contribution in [-0.4, -0.2) is 108 Å². The van der Waals surface area contributed by atoms with E-state index in [1.165, 1.54) is 0 Å². The third kappa shape index (κ3) is 9.11. The number of hydrogen-bond donors (Lipinski definition) is 1. The van der Waals surface area contributed by atoms with Crippen LogP contribution in [0, 0.1) is 0 Å². The van der Waals surface area contributed by atoms with E-state index in [1.807, 2.05) is 55.6 Å². The summed E-state index contributed by atoms with van der Waals surface area (Å²) in [5, 5.41) is 6.86. The van der Waals surface area contributed by atoms with Crippen LogP contribution in [0.25, 0.3) is 21.5 Å². The van der Waals surface area contributed by atoms with Crippen molar-refractivity contribution in [2.45, 2.75) is 108 Å². The van der Waals surface area contributed by atoms with Crippen LogP contribution in [0.2, 0.25) is 17.1 Å². The monoisotopic (exact) mass is 772 g/mol. The van der Waals surface area contributed by atoms with E-state index in [1.54, 1.807) is 14.7 Å². The predicted octanol–water partition coefficient (Wildman–Crippen LogP) is 6.27. The van der Waals surface area contributed by atoms with Crippen molar-refractivity contribution in [1.82, 2.24) is 20.0 Å². The van der Waals surface area contributed by atoms with Crippen molar-refractivity contribution in [2.24, 2.45) is 0 Å². The van der Waals surface area contributed by atoms with Crippen molar-refractivity contribution in [3.8, 4) is 0 Å². The minimum atomic E-state index is -1.57. The topological polar surface area (TPSA) is 133 Å². The van der Waals surface area contributed by atoms with Crippen LogP contribution in [0.5, 0.6) is 0 Å². The summed E-state index contributed by atoms with van der Waals surface area (Å²) < 4.78 is 23.0. The maximum atomic E-state index is 14.3. The molecule has 4 atom stereocenters. The normalized spacial score (nSPS) is 23.1. The molecule has 3 aliphatic heterocycles. The quantitative estimate of drug-likeness (QED) is 0.109. The van der Waals surface area contributed by atoms with Gasteiger partial charge in [0.1, 0.15) is 12.1 Å². The number of fused-ring (bicyclic) bond motifs is 2. The lowest BCUT2D eigenvalue weighted by Gasteiger charge is -2.33. The third-order valence-electron chi connectivity index (χ3n) is 12.0. The van der Waals surface area contributed by atoms with Crippen molar-refractivity contribution in [3.05, 3.63) is 60.2 Å². The highest BCUT2D eigenvalue weighted by atomic mass is 28.4. The molecule has 1 N–H and O–H groups in total. The van der Waals surface area contributed by atoms with Crippen molar-refractivity contribution >= 4 is 62.8 Å². The van der Waals surface area contributed by atoms with Crippen LogP contribution in [-0.2, 0) is 27.7 Å². The Balaban J connectivity index is 0.00000181. The number of carbonyl (C=O) groups is 4. The molecule has 6 rings (SSSR count). The largest absolute Gasteiger partial charge is 0.549 e. The van der Waals surface area contributed by atoms with E-state index in [2.05, 4.69) is 32.2 Å². The summed E-state index contributed by atoms with van der Waals surface area (Å²) in [5.41, 5.74) is 2.07. The summed E-state index contributed by atoms with van der Waals surface area (Å²) in [6.45, 7) is 9.83. The van der Waals surface area contributed by atoms with Crippen molar-refractivity contribution in [3.63, 3.8) is 0 Å². The van der Waals surface area contributed by atoms with E-state index < -0.39 is 29.7 Å². The van der Waals surface area contributed by atoms with Crippen LogP contribution in [0.3, 0.4) is 0 Å². The highest BCUT2D eigenvalue weighted by Gasteiger charge is 2.62. The van der Waals surface area contributed by atoms with Crippen molar-refractivity contribution in [2.75, 3.05) is 39.8 Å². The van der Waals surface area contributed by atoms with E-state index in [-0.39, 0.29) is 23.6 Å². The molecule has 3 aromatic carbocycles. The third-order valence-corrected chi connectivity index (χ3v) is 17.7. The first-order valence-electron chi connectivity index (χ1n) is 19.8. The molecule has 0 aliphatic carbocycles. The smallest absolute Gasteiger partial charge is 0.417 e. The highest BCUT2D eigenvalue weighted by molar-refractivity contribution is 6.87. The minimum absolute atomic E-state index is 0.0396. The second kappa shape index (κ2) is 19.1. The number of nitrogens with zero attached hydrogens (tertiary/aromatic N) is 3. The van der Waals surface area contributed by atoms with Gasteiger partial charge in [0, 0.05) is 46.3 Å². The molecule has 3 fully saturated rings. The lowest BCUT2D eigenvalue weighted by molar-refractivity contribution is -0.145. The summed E-state index contributed by atoms with van der Waals surface area (Å²) in [7, 11) is -1.18. The van der Waals surface area contributed by atoms with Gasteiger partial charge in [-0.2, -0.15) is 0 Å². The lowest BCUT2D eigenvalue weighted by Crippen LogP contribution is -2.53. The van der Waals surface area contributed by atoms with Gasteiger partial charge in [0.15, 0.2) is 8.32 Å². The lowest BCUT2D eigenvalue weighted by atomic mass is 9.95. The van der Waals surface area contributed by atoms with Crippen molar-refractivity contribution in [1.29, 1.82) is 0 Å². The molecule has 3 saturated heterocycles. The molecular formula is C41H56N4O7Si2. The second-order valence-corrected chi connectivity index (χ2v) is 19.8. The Morgan fingerprint density at radius 2 is 1.44 bits per heavy atom. The van der Waals surface area contributed by atoms with Crippen LogP contribution in [0.4, 0.5) is 0 Å². The van der Waals surface area contributed by atoms with E-state index in [0.29, 0.717) is 62.1 Å². The SMILES string of the molecule is CCO[Si]1(CCCNC(=O)CCCCCN(C)C(=O)[C@@H]2CCCN2C(=O)[C@@H]2CCCN2C(=O)c2c3ccccc3cc3ccccc23)C(C)C1C.O=[Si]=O. The molecule has 3 aromatic rings. The first-order chi connectivity index (χ1) is 26.1. The zero-order chi connectivity index (χ0) is 38.8. The maximum Gasteiger partial charge on any atom is 0.549 e. The first-order valence-corrected chi connectivity index (χ1v) is 22.8. The average molecular weight is 773 g/mol. The van der Waals surface area contributed by atoms with Gasteiger partial charge in [-0.05, 0) is 96.6 Å². The molecule has 290 valence electrons. The number of unbranched alkanes of at least 4 members (excludes halogenated alkanes) is 2. The Bertz CT molecular complexity index is 1790. The van der Waals surface area contributed by atoms with Gasteiger partial charge >= 0.3 is 9.29 Å². The molecule has 0 radical (unpaired) electrons. The fourth-order valence-corrected chi connectivity index (χ4v) is 13.9. The molecule has 0 bridgehead atoms. The molecule has 0 aromatic heterocycles. The summed E-state index contributed by atoms with van der Waals surface area (Å²) in [6.07, 6.45) is 6.68. The molecule has 13 heteroatoms. The fraction of sp³-hybridized carbons (Fsp3) is 0.561. The number of likely N-dealkylation sites (tertiary alicyclic amines) is 2. The molecule has 2 unspecified atom stereocenters. The summed E-state index contributed by atoms with van der Waals surface area (Å²) in [5.74, 6) is -0.179. The molecule has 0 spiro atoms. The van der Waals surface area contributed by atoms with Crippen molar-refractivity contribution < 1.29 is 32.5 Å². The van der Waals surface area contributed by atoms with Gasteiger partial charge in [-0.3, -0.25) is 28.1 Å².